The standard InChI is InChI=1S/C44H27N/c1-3-11-28(12-4-1)33-26-40(29-13-5-2-6-14-29)45-41(27-33)32-23-24-35-34-17-7-8-18-36(34)44(39(35)25-32)37-19-9-15-30-21-22-31-16-10-20-38(44)43(31)42(30)37/h1-27H. The van der Waals surface area contributed by atoms with Crippen LogP contribution in [0.5, 0.6) is 0 Å². The lowest BCUT2D eigenvalue weighted by atomic mass is 9.70. The number of benzene rings is 7. The Bertz CT molecular complexity index is 2350. The topological polar surface area (TPSA) is 12.9 Å². The predicted molar refractivity (Wildman–Crippen MR) is 186 cm³/mol. The van der Waals surface area contributed by atoms with Crippen LogP contribution in [-0.2, 0) is 5.41 Å². The van der Waals surface area contributed by atoms with Crippen LogP contribution in [-0.4, -0.2) is 4.98 Å². The summed E-state index contributed by atoms with van der Waals surface area (Å²) in [5, 5.41) is 5.37. The Morgan fingerprint density at radius 2 is 0.889 bits per heavy atom. The van der Waals surface area contributed by atoms with Gasteiger partial charge in [0.25, 0.3) is 0 Å². The van der Waals surface area contributed by atoms with Gasteiger partial charge in [-0.2, -0.15) is 0 Å². The van der Waals surface area contributed by atoms with E-state index in [1.165, 1.54) is 66.1 Å². The Labute approximate surface area is 262 Å². The summed E-state index contributed by atoms with van der Waals surface area (Å²) in [6.07, 6.45) is 0. The second-order valence-corrected chi connectivity index (χ2v) is 12.3. The van der Waals surface area contributed by atoms with Crippen molar-refractivity contribution in [3.8, 4) is 44.8 Å². The lowest BCUT2D eigenvalue weighted by Crippen LogP contribution is -2.26. The van der Waals surface area contributed by atoms with Gasteiger partial charge in [-0.15, -0.1) is 0 Å². The molecule has 1 heterocycles. The summed E-state index contributed by atoms with van der Waals surface area (Å²) in [5.74, 6) is 0. The molecule has 0 aliphatic heterocycles. The molecule has 0 amide bonds. The van der Waals surface area contributed by atoms with Crippen molar-refractivity contribution in [1.29, 1.82) is 0 Å². The van der Waals surface area contributed by atoms with E-state index in [0.29, 0.717) is 0 Å². The molecule has 1 aromatic heterocycles. The van der Waals surface area contributed by atoms with Gasteiger partial charge in [0, 0.05) is 11.1 Å². The predicted octanol–water partition coefficient (Wildman–Crippen LogP) is 11.1. The van der Waals surface area contributed by atoms with Gasteiger partial charge in [-0.05, 0) is 84.3 Å². The van der Waals surface area contributed by atoms with Gasteiger partial charge in [0.15, 0.2) is 0 Å². The molecule has 0 saturated heterocycles. The molecule has 1 heteroatoms. The van der Waals surface area contributed by atoms with E-state index < -0.39 is 0 Å². The summed E-state index contributed by atoms with van der Waals surface area (Å²) >= 11 is 0. The first-order valence-corrected chi connectivity index (χ1v) is 15.6. The quantitative estimate of drug-likeness (QED) is 0.193. The van der Waals surface area contributed by atoms with E-state index in [1.807, 2.05) is 0 Å². The van der Waals surface area contributed by atoms with Crippen molar-refractivity contribution >= 4 is 21.5 Å². The molecule has 1 spiro atoms. The van der Waals surface area contributed by atoms with Gasteiger partial charge in [-0.3, -0.25) is 0 Å². The Hall–Kier alpha value is -5.79. The number of rotatable bonds is 3. The maximum absolute atomic E-state index is 5.31. The molecule has 208 valence electrons. The smallest absolute Gasteiger partial charge is 0.0726 e. The van der Waals surface area contributed by atoms with Crippen molar-refractivity contribution in [2.45, 2.75) is 5.41 Å². The summed E-state index contributed by atoms with van der Waals surface area (Å²) in [6, 6.07) is 60.0. The fraction of sp³-hybridized carbons (Fsp3) is 0.0227. The molecular weight excluding hydrogens is 542 g/mol. The molecule has 0 fully saturated rings. The van der Waals surface area contributed by atoms with Gasteiger partial charge in [-0.1, -0.05) is 146 Å². The fourth-order valence-electron chi connectivity index (χ4n) is 8.18. The zero-order valence-electron chi connectivity index (χ0n) is 24.5. The Morgan fingerprint density at radius 1 is 0.333 bits per heavy atom. The van der Waals surface area contributed by atoms with E-state index in [0.717, 1.165) is 22.5 Å². The third kappa shape index (κ3) is 3.30. The van der Waals surface area contributed by atoms with Gasteiger partial charge in [-0.25, -0.2) is 4.98 Å². The van der Waals surface area contributed by atoms with Crippen molar-refractivity contribution < 1.29 is 0 Å². The van der Waals surface area contributed by atoms with Crippen molar-refractivity contribution in [2.75, 3.05) is 0 Å². The molecule has 0 unspecified atom stereocenters. The van der Waals surface area contributed by atoms with Crippen LogP contribution in [0.1, 0.15) is 22.3 Å². The molecule has 0 saturated carbocycles. The highest BCUT2D eigenvalue weighted by molar-refractivity contribution is 6.17. The second-order valence-electron chi connectivity index (χ2n) is 12.3. The van der Waals surface area contributed by atoms with Gasteiger partial charge >= 0.3 is 0 Å². The van der Waals surface area contributed by atoms with E-state index in [2.05, 4.69) is 164 Å². The minimum atomic E-state index is -0.385. The summed E-state index contributed by atoms with van der Waals surface area (Å²) in [6.45, 7) is 0. The molecule has 8 aromatic rings. The van der Waals surface area contributed by atoms with Gasteiger partial charge in [0.1, 0.15) is 0 Å². The number of fused-ring (bicyclic) bond motifs is 7. The third-order valence-electron chi connectivity index (χ3n) is 10.0. The SMILES string of the molecule is c1ccc(-c2cc(-c3ccccc3)nc(-c3ccc4c(c3)C3(c5ccccc5-4)c4cccc5ccc6cccc3c6c45)c2)cc1. The van der Waals surface area contributed by atoms with Gasteiger partial charge in [0.05, 0.1) is 16.8 Å². The van der Waals surface area contributed by atoms with E-state index in [1.54, 1.807) is 0 Å². The molecule has 2 aliphatic carbocycles. The molecule has 2 aliphatic rings. The van der Waals surface area contributed by atoms with E-state index in [-0.39, 0.29) is 5.41 Å². The van der Waals surface area contributed by atoms with E-state index in [4.69, 9.17) is 4.98 Å². The average molecular weight is 570 g/mol. The average Bonchev–Trinajstić information content (AvgIpc) is 3.59. The molecule has 0 bridgehead atoms. The summed E-state index contributed by atoms with van der Waals surface area (Å²) in [5.41, 5.74) is 14.3. The molecule has 10 rings (SSSR count). The number of aromatic nitrogens is 1. The monoisotopic (exact) mass is 569 g/mol. The van der Waals surface area contributed by atoms with Crippen LogP contribution in [0.25, 0.3) is 66.3 Å². The van der Waals surface area contributed by atoms with Crippen LogP contribution in [0.2, 0.25) is 0 Å². The third-order valence-corrected chi connectivity index (χ3v) is 10.0. The Balaban J connectivity index is 1.27. The van der Waals surface area contributed by atoms with Crippen molar-refractivity contribution in [3.05, 3.63) is 186 Å². The van der Waals surface area contributed by atoms with Crippen LogP contribution in [0, 0.1) is 0 Å². The first-order chi connectivity index (χ1) is 22.3. The number of hydrogen-bond donors (Lipinski definition) is 0. The number of hydrogen-bond acceptors (Lipinski definition) is 1. The molecule has 0 atom stereocenters. The normalized spacial score (nSPS) is 13.5. The highest BCUT2D eigenvalue weighted by Crippen LogP contribution is 2.62. The maximum atomic E-state index is 5.31. The molecule has 1 nitrogen and oxygen atoms in total. The minimum Gasteiger partial charge on any atom is -0.248 e. The largest absolute Gasteiger partial charge is 0.248 e. The Kier molecular flexibility index (Phi) is 4.99. The van der Waals surface area contributed by atoms with Crippen molar-refractivity contribution in [2.24, 2.45) is 0 Å². The zero-order valence-corrected chi connectivity index (χ0v) is 24.5. The van der Waals surface area contributed by atoms with E-state index >= 15 is 0 Å². The molecule has 7 aromatic carbocycles. The second kappa shape index (κ2) is 9.11. The summed E-state index contributed by atoms with van der Waals surface area (Å²) in [4.78, 5) is 5.31. The minimum absolute atomic E-state index is 0.385. The van der Waals surface area contributed by atoms with Crippen LogP contribution < -0.4 is 0 Å². The number of pyridine rings is 1. The maximum Gasteiger partial charge on any atom is 0.0726 e. The summed E-state index contributed by atoms with van der Waals surface area (Å²) in [7, 11) is 0. The first kappa shape index (κ1) is 24.6. The van der Waals surface area contributed by atoms with Crippen LogP contribution >= 0.6 is 0 Å². The van der Waals surface area contributed by atoms with Crippen molar-refractivity contribution in [3.63, 3.8) is 0 Å². The summed E-state index contributed by atoms with van der Waals surface area (Å²) < 4.78 is 0. The van der Waals surface area contributed by atoms with Crippen LogP contribution in [0.4, 0.5) is 0 Å². The lowest BCUT2D eigenvalue weighted by molar-refractivity contribution is 0.797. The van der Waals surface area contributed by atoms with Gasteiger partial charge < -0.3 is 0 Å². The highest BCUT2D eigenvalue weighted by Gasteiger charge is 2.50. The lowest BCUT2D eigenvalue weighted by Gasteiger charge is -2.31. The molecule has 0 radical (unpaired) electrons. The highest BCUT2D eigenvalue weighted by atomic mass is 14.7. The van der Waals surface area contributed by atoms with Crippen LogP contribution in [0.3, 0.4) is 0 Å². The molecule has 45 heavy (non-hydrogen) atoms. The van der Waals surface area contributed by atoms with Gasteiger partial charge in [0.2, 0.25) is 0 Å². The molecule has 0 N–H and O–H groups in total. The zero-order chi connectivity index (χ0) is 29.5. The first-order valence-electron chi connectivity index (χ1n) is 15.6. The fourth-order valence-corrected chi connectivity index (χ4v) is 8.18. The van der Waals surface area contributed by atoms with E-state index in [9.17, 15) is 0 Å². The van der Waals surface area contributed by atoms with Crippen molar-refractivity contribution in [1.82, 2.24) is 4.98 Å². The Morgan fingerprint density at radius 3 is 1.58 bits per heavy atom. The number of nitrogens with zero attached hydrogens (tertiary/aromatic N) is 1. The molecular formula is C44H27N. The van der Waals surface area contributed by atoms with Crippen LogP contribution in [0.15, 0.2) is 164 Å².